The highest BCUT2D eigenvalue weighted by Crippen LogP contribution is 2.29. The van der Waals surface area contributed by atoms with Gasteiger partial charge >= 0.3 is 0 Å². The molecule has 3 nitrogen and oxygen atoms in total. The highest BCUT2D eigenvalue weighted by atomic mass is 35.5. The number of aromatic nitrogens is 2. The molecule has 1 aromatic heterocycles. The normalized spacial score (nSPS) is 21.3. The maximum atomic E-state index is 12.4. The van der Waals surface area contributed by atoms with Crippen LogP contribution in [-0.4, -0.2) is 29.5 Å². The van der Waals surface area contributed by atoms with E-state index in [1.807, 2.05) is 0 Å². The molecule has 1 atom stereocenters. The molecular formula is C9H10ClF2N3. The van der Waals surface area contributed by atoms with Crippen LogP contribution in [0.2, 0.25) is 5.15 Å². The number of hydrogen-bond donors (Lipinski definition) is 0. The van der Waals surface area contributed by atoms with Gasteiger partial charge in [0.05, 0.1) is 0 Å². The molecule has 1 aromatic rings. The summed E-state index contributed by atoms with van der Waals surface area (Å²) in [6.07, 6.45) is 1.19. The van der Waals surface area contributed by atoms with Crippen LogP contribution in [0.15, 0.2) is 12.4 Å². The van der Waals surface area contributed by atoms with Gasteiger partial charge in [-0.15, -0.1) is 0 Å². The first-order valence-corrected chi connectivity index (χ1v) is 5.06. The average molecular weight is 234 g/mol. The minimum atomic E-state index is -2.27. The molecule has 2 heterocycles. The zero-order chi connectivity index (χ0) is 10.8. The van der Waals surface area contributed by atoms with Crippen LogP contribution in [-0.2, 0) is 0 Å². The summed E-state index contributed by atoms with van der Waals surface area (Å²) < 4.78 is 24.9. The molecule has 6 heteroatoms. The first-order valence-electron chi connectivity index (χ1n) is 4.68. The van der Waals surface area contributed by atoms with Crippen molar-refractivity contribution < 1.29 is 8.78 Å². The Hall–Kier alpha value is -0.970. The first kappa shape index (κ1) is 10.5. The van der Waals surface area contributed by atoms with Gasteiger partial charge in [-0.05, 0) is 6.42 Å². The van der Waals surface area contributed by atoms with Crippen molar-refractivity contribution in [2.45, 2.75) is 12.8 Å². The molecule has 0 aliphatic carbocycles. The third-order valence-electron chi connectivity index (χ3n) is 2.52. The van der Waals surface area contributed by atoms with Crippen LogP contribution >= 0.6 is 11.6 Å². The topological polar surface area (TPSA) is 29.0 Å². The Morgan fingerprint density at radius 2 is 2.13 bits per heavy atom. The maximum Gasteiger partial charge on any atom is 0.243 e. The van der Waals surface area contributed by atoms with Gasteiger partial charge in [0, 0.05) is 31.4 Å². The Morgan fingerprint density at radius 3 is 2.73 bits per heavy atom. The summed E-state index contributed by atoms with van der Waals surface area (Å²) in [5, 5.41) is 0.271. The van der Waals surface area contributed by atoms with Gasteiger partial charge in [0.1, 0.15) is 0 Å². The first-order chi connectivity index (χ1) is 7.18. The lowest BCUT2D eigenvalue weighted by Crippen LogP contribution is -2.23. The van der Waals surface area contributed by atoms with Gasteiger partial charge in [-0.2, -0.15) is 0 Å². The van der Waals surface area contributed by atoms with Gasteiger partial charge < -0.3 is 4.90 Å². The number of halogens is 3. The van der Waals surface area contributed by atoms with Crippen molar-refractivity contribution >= 4 is 17.4 Å². The smallest absolute Gasteiger partial charge is 0.243 e. The molecule has 0 aromatic carbocycles. The van der Waals surface area contributed by atoms with Crippen molar-refractivity contribution in [1.29, 1.82) is 0 Å². The van der Waals surface area contributed by atoms with E-state index in [4.69, 9.17) is 11.6 Å². The van der Waals surface area contributed by atoms with Gasteiger partial charge in [0.2, 0.25) is 6.43 Å². The lowest BCUT2D eigenvalue weighted by molar-refractivity contribution is 0.0880. The van der Waals surface area contributed by atoms with E-state index in [9.17, 15) is 8.78 Å². The van der Waals surface area contributed by atoms with Crippen LogP contribution in [0.5, 0.6) is 0 Å². The minimum Gasteiger partial charge on any atom is -0.354 e. The SMILES string of the molecule is FC(F)[C@H]1CCN(c2nccnc2Cl)C1. The van der Waals surface area contributed by atoms with Crippen LogP contribution < -0.4 is 4.90 Å². The number of nitrogens with zero attached hydrogens (tertiary/aromatic N) is 3. The fraction of sp³-hybridized carbons (Fsp3) is 0.556. The fourth-order valence-electron chi connectivity index (χ4n) is 1.71. The molecule has 1 fully saturated rings. The lowest BCUT2D eigenvalue weighted by atomic mass is 10.1. The van der Waals surface area contributed by atoms with E-state index in [1.165, 1.54) is 12.4 Å². The van der Waals surface area contributed by atoms with Crippen molar-refractivity contribution in [3.05, 3.63) is 17.5 Å². The van der Waals surface area contributed by atoms with Crippen LogP contribution in [0.3, 0.4) is 0 Å². The molecule has 82 valence electrons. The van der Waals surface area contributed by atoms with E-state index in [-0.39, 0.29) is 5.15 Å². The zero-order valence-corrected chi connectivity index (χ0v) is 8.66. The second-order valence-corrected chi connectivity index (χ2v) is 3.86. The van der Waals surface area contributed by atoms with E-state index >= 15 is 0 Å². The number of alkyl halides is 2. The van der Waals surface area contributed by atoms with Crippen LogP contribution in [0, 0.1) is 5.92 Å². The van der Waals surface area contributed by atoms with Crippen molar-refractivity contribution in [3.8, 4) is 0 Å². The van der Waals surface area contributed by atoms with Gasteiger partial charge in [-0.25, -0.2) is 18.7 Å². The monoisotopic (exact) mass is 233 g/mol. The quantitative estimate of drug-likeness (QED) is 0.784. The molecule has 1 saturated heterocycles. The Bertz CT molecular complexity index is 348. The minimum absolute atomic E-state index is 0.271. The molecule has 0 unspecified atom stereocenters. The summed E-state index contributed by atoms with van der Waals surface area (Å²) in [5.74, 6) is -0.0783. The average Bonchev–Trinajstić information content (AvgIpc) is 2.67. The molecule has 0 bridgehead atoms. The van der Waals surface area contributed by atoms with E-state index < -0.39 is 12.3 Å². The highest BCUT2D eigenvalue weighted by Gasteiger charge is 2.31. The Kier molecular flexibility index (Phi) is 3.00. The predicted octanol–water partition coefficient (Wildman–Crippen LogP) is 2.22. The van der Waals surface area contributed by atoms with E-state index in [0.717, 1.165) is 0 Å². The van der Waals surface area contributed by atoms with E-state index in [2.05, 4.69) is 9.97 Å². The van der Waals surface area contributed by atoms with E-state index in [1.54, 1.807) is 4.90 Å². The summed E-state index contributed by atoms with van der Waals surface area (Å²) in [4.78, 5) is 9.66. The molecule has 1 aliphatic heterocycles. The van der Waals surface area contributed by atoms with Crippen molar-refractivity contribution in [3.63, 3.8) is 0 Å². The van der Waals surface area contributed by atoms with Crippen LogP contribution in [0.1, 0.15) is 6.42 Å². The molecule has 0 amide bonds. The fourth-order valence-corrected chi connectivity index (χ4v) is 1.94. The third-order valence-corrected chi connectivity index (χ3v) is 2.78. The summed E-state index contributed by atoms with van der Waals surface area (Å²) >= 11 is 5.83. The lowest BCUT2D eigenvalue weighted by Gasteiger charge is -2.17. The molecule has 15 heavy (non-hydrogen) atoms. The zero-order valence-electron chi connectivity index (χ0n) is 7.91. The van der Waals surface area contributed by atoms with Gasteiger partial charge in [-0.3, -0.25) is 0 Å². The predicted molar refractivity (Wildman–Crippen MR) is 53.4 cm³/mol. The second kappa shape index (κ2) is 4.26. The molecule has 0 radical (unpaired) electrons. The molecule has 2 rings (SSSR count). The summed E-state index contributed by atoms with van der Waals surface area (Å²) in [5.41, 5.74) is 0. The molecule has 0 N–H and O–H groups in total. The second-order valence-electron chi connectivity index (χ2n) is 3.50. The van der Waals surface area contributed by atoms with Crippen molar-refractivity contribution in [1.82, 2.24) is 9.97 Å². The van der Waals surface area contributed by atoms with Crippen molar-refractivity contribution in [2.24, 2.45) is 5.92 Å². The molecule has 0 spiro atoms. The standard InChI is InChI=1S/C9H10ClF2N3/c10-7-9(14-3-2-13-7)15-4-1-6(5-15)8(11)12/h2-3,6,8H,1,4-5H2/t6-/m0/s1. The summed E-state index contributed by atoms with van der Waals surface area (Å²) in [6, 6.07) is 0. The molecule has 0 saturated carbocycles. The van der Waals surface area contributed by atoms with Gasteiger partial charge in [-0.1, -0.05) is 11.6 Å². The highest BCUT2D eigenvalue weighted by molar-refractivity contribution is 6.31. The number of rotatable bonds is 2. The third kappa shape index (κ3) is 2.17. The van der Waals surface area contributed by atoms with Gasteiger partial charge in [0.25, 0.3) is 0 Å². The Balaban J connectivity index is 2.11. The molecule has 1 aliphatic rings. The van der Waals surface area contributed by atoms with Crippen LogP contribution in [0.4, 0.5) is 14.6 Å². The van der Waals surface area contributed by atoms with Crippen molar-refractivity contribution in [2.75, 3.05) is 18.0 Å². The number of anilines is 1. The maximum absolute atomic E-state index is 12.4. The molecular weight excluding hydrogens is 224 g/mol. The Labute approximate surface area is 91.1 Å². The number of hydrogen-bond acceptors (Lipinski definition) is 3. The van der Waals surface area contributed by atoms with Crippen LogP contribution in [0.25, 0.3) is 0 Å². The largest absolute Gasteiger partial charge is 0.354 e. The Morgan fingerprint density at radius 1 is 1.40 bits per heavy atom. The van der Waals surface area contributed by atoms with E-state index in [0.29, 0.717) is 25.3 Å². The summed E-state index contributed by atoms with van der Waals surface area (Å²) in [6.45, 7) is 0.865. The van der Waals surface area contributed by atoms with Gasteiger partial charge in [0.15, 0.2) is 11.0 Å². The summed E-state index contributed by atoms with van der Waals surface area (Å²) in [7, 11) is 0.